The van der Waals surface area contributed by atoms with E-state index in [0.29, 0.717) is 29.0 Å². The van der Waals surface area contributed by atoms with Crippen molar-refractivity contribution in [1.29, 1.82) is 5.26 Å². The molecule has 5 heteroatoms. The van der Waals surface area contributed by atoms with Crippen molar-refractivity contribution >= 4 is 17.6 Å². The number of nitrogens with zero attached hydrogens (tertiary/aromatic N) is 1. The monoisotopic (exact) mass is 456 g/mol. The maximum absolute atomic E-state index is 13.5. The number of nitrogens with one attached hydrogen (secondary N) is 1. The zero-order valence-corrected chi connectivity index (χ0v) is 21.7. The SMILES string of the molecule is CC(C)(C)CC1=C(C#N)C(c2ccc(Cl)cc2)C(C(=O)OC(C)(C)C)=C(CC(C)(C)C)N1. The molecular weight excluding hydrogens is 420 g/mol. The Morgan fingerprint density at radius 1 is 0.969 bits per heavy atom. The second kappa shape index (κ2) is 9.32. The Morgan fingerprint density at radius 3 is 1.91 bits per heavy atom. The van der Waals surface area contributed by atoms with Crippen LogP contribution in [0.5, 0.6) is 0 Å². The minimum absolute atomic E-state index is 0.0365. The number of halogens is 1. The van der Waals surface area contributed by atoms with E-state index < -0.39 is 17.5 Å². The Hall–Kier alpha value is -2.25. The number of ether oxygens (including phenoxy) is 1. The standard InChI is InChI=1S/C27H37ClN2O2/c1-25(2,3)14-20-19(16-29)22(17-10-12-18(28)13-11-17)23(24(31)32-27(7,8)9)21(30-20)15-26(4,5)6/h10-13,22,30H,14-15H2,1-9H3. The molecule has 0 saturated heterocycles. The summed E-state index contributed by atoms with van der Waals surface area (Å²) in [5.74, 6) is -0.908. The van der Waals surface area contributed by atoms with Gasteiger partial charge in [0.25, 0.3) is 0 Å². The Balaban J connectivity index is 2.80. The molecule has 1 N–H and O–H groups in total. The van der Waals surface area contributed by atoms with Gasteiger partial charge in [0.2, 0.25) is 0 Å². The van der Waals surface area contributed by atoms with Crippen molar-refractivity contribution in [2.45, 2.75) is 86.7 Å². The van der Waals surface area contributed by atoms with Gasteiger partial charge in [0.05, 0.1) is 23.1 Å². The zero-order valence-electron chi connectivity index (χ0n) is 20.9. The quantitative estimate of drug-likeness (QED) is 0.483. The molecule has 0 bridgehead atoms. The highest BCUT2D eigenvalue weighted by Gasteiger charge is 2.39. The molecule has 4 nitrogen and oxygen atoms in total. The van der Waals surface area contributed by atoms with Crippen LogP contribution in [-0.2, 0) is 9.53 Å². The molecule has 0 fully saturated rings. The molecule has 0 amide bonds. The topological polar surface area (TPSA) is 62.1 Å². The van der Waals surface area contributed by atoms with Crippen LogP contribution < -0.4 is 5.32 Å². The average Bonchev–Trinajstić information content (AvgIpc) is 2.57. The van der Waals surface area contributed by atoms with Gasteiger partial charge < -0.3 is 10.1 Å². The molecule has 1 heterocycles. The fraction of sp³-hybridized carbons (Fsp3) is 0.556. The van der Waals surface area contributed by atoms with Gasteiger partial charge in [-0.05, 0) is 62.1 Å². The summed E-state index contributed by atoms with van der Waals surface area (Å²) in [7, 11) is 0. The van der Waals surface area contributed by atoms with Gasteiger partial charge in [0.1, 0.15) is 5.60 Å². The summed E-state index contributed by atoms with van der Waals surface area (Å²) in [6, 6.07) is 9.80. The summed E-state index contributed by atoms with van der Waals surface area (Å²) in [6.45, 7) is 18.4. The third-order valence-electron chi connectivity index (χ3n) is 4.89. The first-order chi connectivity index (χ1) is 14.5. The van der Waals surface area contributed by atoms with Gasteiger partial charge in [-0.3, -0.25) is 0 Å². The zero-order chi connectivity index (χ0) is 24.5. The molecule has 1 atom stereocenters. The van der Waals surface area contributed by atoms with Gasteiger partial charge in [-0.15, -0.1) is 0 Å². The number of allylic oxidation sites excluding steroid dienone is 3. The van der Waals surface area contributed by atoms with Crippen LogP contribution in [0.15, 0.2) is 46.8 Å². The van der Waals surface area contributed by atoms with E-state index in [2.05, 4.69) is 52.9 Å². The number of nitriles is 1. The van der Waals surface area contributed by atoms with Crippen LogP contribution in [0.2, 0.25) is 5.02 Å². The van der Waals surface area contributed by atoms with E-state index >= 15 is 0 Å². The van der Waals surface area contributed by atoms with Gasteiger partial charge in [-0.25, -0.2) is 4.79 Å². The lowest BCUT2D eigenvalue weighted by Crippen LogP contribution is -2.35. The number of hydrogen-bond acceptors (Lipinski definition) is 4. The Morgan fingerprint density at radius 2 is 1.47 bits per heavy atom. The maximum atomic E-state index is 13.5. The van der Waals surface area contributed by atoms with Gasteiger partial charge in [0.15, 0.2) is 0 Å². The maximum Gasteiger partial charge on any atom is 0.337 e. The smallest absolute Gasteiger partial charge is 0.337 e. The highest BCUT2D eigenvalue weighted by atomic mass is 35.5. The van der Waals surface area contributed by atoms with E-state index in [1.165, 1.54) is 0 Å². The van der Waals surface area contributed by atoms with Gasteiger partial charge >= 0.3 is 5.97 Å². The van der Waals surface area contributed by atoms with Crippen molar-refractivity contribution < 1.29 is 9.53 Å². The molecule has 174 valence electrons. The first kappa shape index (κ1) is 26.0. The third-order valence-corrected chi connectivity index (χ3v) is 5.14. The molecule has 32 heavy (non-hydrogen) atoms. The first-order valence-electron chi connectivity index (χ1n) is 11.1. The van der Waals surface area contributed by atoms with Crippen LogP contribution in [0.25, 0.3) is 0 Å². The predicted molar refractivity (Wildman–Crippen MR) is 131 cm³/mol. The molecule has 1 aliphatic rings. The largest absolute Gasteiger partial charge is 0.457 e. The fourth-order valence-electron chi connectivity index (χ4n) is 3.84. The summed E-state index contributed by atoms with van der Waals surface area (Å²) < 4.78 is 5.83. The molecule has 1 aromatic rings. The summed E-state index contributed by atoms with van der Waals surface area (Å²) in [5.41, 5.74) is 2.85. The first-order valence-corrected chi connectivity index (χ1v) is 11.5. The predicted octanol–water partition coefficient (Wildman–Crippen LogP) is 7.27. The number of rotatable bonds is 4. The Labute approximate surface area is 198 Å². The molecule has 0 saturated carbocycles. The van der Waals surface area contributed by atoms with E-state index in [4.69, 9.17) is 16.3 Å². The molecular formula is C27H37ClN2O2. The molecule has 0 spiro atoms. The van der Waals surface area contributed by atoms with Crippen LogP contribution in [0.1, 0.15) is 86.6 Å². The number of hydrogen-bond donors (Lipinski definition) is 1. The fourth-order valence-corrected chi connectivity index (χ4v) is 3.97. The summed E-state index contributed by atoms with van der Waals surface area (Å²) in [5, 5.41) is 14.4. The van der Waals surface area contributed by atoms with Crippen LogP contribution in [0, 0.1) is 22.2 Å². The van der Waals surface area contributed by atoms with Gasteiger partial charge in [-0.1, -0.05) is 65.3 Å². The van der Waals surface area contributed by atoms with Crippen molar-refractivity contribution in [2.75, 3.05) is 0 Å². The number of carbonyl (C=O) groups excluding carboxylic acids is 1. The molecule has 0 radical (unpaired) electrons. The van der Waals surface area contributed by atoms with Crippen LogP contribution in [-0.4, -0.2) is 11.6 Å². The molecule has 2 rings (SSSR count). The van der Waals surface area contributed by atoms with Crippen molar-refractivity contribution in [2.24, 2.45) is 10.8 Å². The molecule has 0 aromatic heterocycles. The summed E-state index contributed by atoms with van der Waals surface area (Å²) in [4.78, 5) is 13.5. The summed E-state index contributed by atoms with van der Waals surface area (Å²) in [6.07, 6.45) is 1.34. The second-order valence-corrected chi connectivity index (χ2v) is 12.4. The van der Waals surface area contributed by atoms with E-state index in [9.17, 15) is 10.1 Å². The van der Waals surface area contributed by atoms with Crippen molar-refractivity contribution in [3.05, 3.63) is 57.4 Å². The van der Waals surface area contributed by atoms with Crippen molar-refractivity contribution in [3.8, 4) is 6.07 Å². The average molecular weight is 457 g/mol. The molecule has 1 aromatic carbocycles. The number of esters is 1. The summed E-state index contributed by atoms with van der Waals surface area (Å²) >= 11 is 6.15. The number of dihydropyridines is 1. The number of benzene rings is 1. The highest BCUT2D eigenvalue weighted by molar-refractivity contribution is 6.30. The van der Waals surface area contributed by atoms with E-state index in [-0.39, 0.29) is 10.8 Å². The van der Waals surface area contributed by atoms with Crippen LogP contribution >= 0.6 is 11.6 Å². The van der Waals surface area contributed by atoms with Gasteiger partial charge in [-0.2, -0.15) is 5.26 Å². The Bertz CT molecular complexity index is 959. The lowest BCUT2D eigenvalue weighted by atomic mass is 9.75. The molecule has 1 unspecified atom stereocenters. The minimum Gasteiger partial charge on any atom is -0.457 e. The minimum atomic E-state index is -0.649. The highest BCUT2D eigenvalue weighted by Crippen LogP contribution is 2.43. The van der Waals surface area contributed by atoms with Crippen LogP contribution in [0.3, 0.4) is 0 Å². The van der Waals surface area contributed by atoms with E-state index in [0.717, 1.165) is 17.0 Å². The normalized spacial score (nSPS) is 17.7. The van der Waals surface area contributed by atoms with Gasteiger partial charge in [0, 0.05) is 16.4 Å². The molecule has 0 aliphatic carbocycles. The molecule has 1 aliphatic heterocycles. The third kappa shape index (κ3) is 7.14. The van der Waals surface area contributed by atoms with Crippen LogP contribution in [0.4, 0.5) is 0 Å². The van der Waals surface area contributed by atoms with E-state index in [1.807, 2.05) is 32.9 Å². The van der Waals surface area contributed by atoms with Crippen molar-refractivity contribution in [3.63, 3.8) is 0 Å². The lowest BCUT2D eigenvalue weighted by Gasteiger charge is -2.36. The van der Waals surface area contributed by atoms with E-state index in [1.54, 1.807) is 12.1 Å². The van der Waals surface area contributed by atoms with Crippen molar-refractivity contribution in [1.82, 2.24) is 5.32 Å². The second-order valence-electron chi connectivity index (χ2n) is 12.0. The Kier molecular flexibility index (Phi) is 7.57. The lowest BCUT2D eigenvalue weighted by molar-refractivity contribution is -0.150. The number of carbonyl (C=O) groups is 1.